The van der Waals surface area contributed by atoms with Crippen LogP contribution in [0.3, 0.4) is 0 Å². The molecule has 0 bridgehead atoms. The van der Waals surface area contributed by atoms with Crippen molar-refractivity contribution < 1.29 is 24.2 Å². The summed E-state index contributed by atoms with van der Waals surface area (Å²) >= 11 is 1.02. The average molecular weight is 492 g/mol. The molecule has 0 spiro atoms. The summed E-state index contributed by atoms with van der Waals surface area (Å²) in [6.07, 6.45) is 2.79. The largest absolute Gasteiger partial charge is 0.477 e. The van der Waals surface area contributed by atoms with Crippen LogP contribution in [0.1, 0.15) is 51.0 Å². The van der Waals surface area contributed by atoms with Gasteiger partial charge in [-0.3, -0.25) is 4.79 Å². The number of nitrogens with one attached hydrogen (secondary N) is 2. The lowest BCUT2D eigenvalue weighted by atomic mass is 9.98. The van der Waals surface area contributed by atoms with Crippen molar-refractivity contribution in [2.24, 2.45) is 5.92 Å². The maximum atomic E-state index is 12.7. The second kappa shape index (κ2) is 9.87. The molecule has 1 atom stereocenters. The molecule has 1 saturated carbocycles. The quantitative estimate of drug-likeness (QED) is 0.414. The lowest BCUT2D eigenvalue weighted by Crippen LogP contribution is -2.41. The van der Waals surface area contributed by atoms with Crippen LogP contribution in [0.2, 0.25) is 0 Å². The molecule has 35 heavy (non-hydrogen) atoms. The van der Waals surface area contributed by atoms with Crippen LogP contribution in [-0.2, 0) is 16.1 Å². The third kappa shape index (κ3) is 5.19. The predicted octanol–water partition coefficient (Wildman–Crippen LogP) is 4.16. The normalized spacial score (nSPS) is 15.1. The molecule has 1 unspecified atom stereocenters. The number of amides is 2. The van der Waals surface area contributed by atoms with Crippen molar-refractivity contribution in [3.05, 3.63) is 75.7 Å². The maximum Gasteiger partial charge on any atom is 0.407 e. The standard InChI is InChI=1S/C26H25N3O5S/c30-23(27-13-24-28-12-22(35-24)25(31)32)11-21(15-9-10-15)29-26(33)34-14-20-18-7-3-1-5-16(18)17-6-2-4-8-19(17)20/h1-8,12,15,20-21H,9-11,13-14H2,(H,27,30)(H,29,33)(H,31,32). The van der Waals surface area contributed by atoms with Crippen LogP contribution in [0.5, 0.6) is 0 Å². The fourth-order valence-corrected chi connectivity index (χ4v) is 5.26. The van der Waals surface area contributed by atoms with Gasteiger partial charge in [0.25, 0.3) is 0 Å². The van der Waals surface area contributed by atoms with Crippen molar-refractivity contribution in [1.29, 1.82) is 0 Å². The van der Waals surface area contributed by atoms with Crippen LogP contribution < -0.4 is 10.6 Å². The molecule has 2 amide bonds. The van der Waals surface area contributed by atoms with E-state index >= 15 is 0 Å². The molecule has 3 N–H and O–H groups in total. The van der Waals surface area contributed by atoms with Gasteiger partial charge in [0.1, 0.15) is 16.5 Å². The van der Waals surface area contributed by atoms with Crippen LogP contribution in [0, 0.1) is 5.92 Å². The number of hydrogen-bond donors (Lipinski definition) is 3. The highest BCUT2D eigenvalue weighted by atomic mass is 32.1. The number of rotatable bonds is 9. The summed E-state index contributed by atoms with van der Waals surface area (Å²) in [5, 5.41) is 15.2. The number of aromatic carboxylic acids is 1. The highest BCUT2D eigenvalue weighted by Gasteiger charge is 2.35. The van der Waals surface area contributed by atoms with Crippen molar-refractivity contribution in [1.82, 2.24) is 15.6 Å². The molecule has 0 aliphatic heterocycles. The summed E-state index contributed by atoms with van der Waals surface area (Å²) < 4.78 is 5.64. The van der Waals surface area contributed by atoms with Gasteiger partial charge in [-0.1, -0.05) is 48.5 Å². The molecule has 9 heteroatoms. The number of carboxylic acids is 1. The molecule has 2 aliphatic rings. The number of nitrogens with zero attached hydrogens (tertiary/aromatic N) is 1. The van der Waals surface area contributed by atoms with Crippen molar-refractivity contribution in [3.8, 4) is 11.1 Å². The Bertz CT molecular complexity index is 1220. The van der Waals surface area contributed by atoms with Gasteiger partial charge in [-0.05, 0) is 41.0 Å². The molecular weight excluding hydrogens is 466 g/mol. The van der Waals surface area contributed by atoms with Crippen LogP contribution in [0.15, 0.2) is 54.7 Å². The molecule has 5 rings (SSSR count). The molecule has 2 aliphatic carbocycles. The van der Waals surface area contributed by atoms with E-state index in [1.54, 1.807) is 0 Å². The van der Waals surface area contributed by atoms with E-state index in [1.165, 1.54) is 17.3 Å². The molecule has 8 nitrogen and oxygen atoms in total. The Balaban J connectivity index is 1.15. The zero-order chi connectivity index (χ0) is 24.4. The van der Waals surface area contributed by atoms with E-state index in [0.29, 0.717) is 5.01 Å². The second-order valence-corrected chi connectivity index (χ2v) is 9.93. The number of aromatic nitrogens is 1. The molecule has 0 saturated heterocycles. The number of carbonyl (C=O) groups is 3. The van der Waals surface area contributed by atoms with Crippen molar-refractivity contribution in [2.75, 3.05) is 6.61 Å². The summed E-state index contributed by atoms with van der Waals surface area (Å²) in [6, 6.07) is 16.0. The SMILES string of the molecule is O=C(CC(NC(=O)OCC1c2ccccc2-c2ccccc21)C1CC1)NCc1ncc(C(=O)O)s1. The van der Waals surface area contributed by atoms with Gasteiger partial charge in [0.05, 0.1) is 12.7 Å². The van der Waals surface area contributed by atoms with Gasteiger partial charge in [0.15, 0.2) is 0 Å². The van der Waals surface area contributed by atoms with Gasteiger partial charge >= 0.3 is 12.1 Å². The monoisotopic (exact) mass is 491 g/mol. The van der Waals surface area contributed by atoms with Crippen LogP contribution >= 0.6 is 11.3 Å². The lowest BCUT2D eigenvalue weighted by molar-refractivity contribution is -0.121. The highest BCUT2D eigenvalue weighted by molar-refractivity contribution is 7.13. The Labute approximate surface area is 206 Å². The minimum atomic E-state index is -1.04. The van der Waals surface area contributed by atoms with Crippen molar-refractivity contribution in [3.63, 3.8) is 0 Å². The van der Waals surface area contributed by atoms with Gasteiger partial charge in [-0.2, -0.15) is 0 Å². The summed E-state index contributed by atoms with van der Waals surface area (Å²) in [6.45, 7) is 0.374. The van der Waals surface area contributed by atoms with E-state index in [0.717, 1.165) is 35.3 Å². The minimum Gasteiger partial charge on any atom is -0.477 e. The Morgan fingerprint density at radius 1 is 1.06 bits per heavy atom. The summed E-state index contributed by atoms with van der Waals surface area (Å²) in [5.74, 6) is -1.04. The number of alkyl carbamates (subject to hydrolysis) is 1. The number of ether oxygens (including phenoxy) is 1. The first-order valence-corrected chi connectivity index (χ1v) is 12.4. The smallest absolute Gasteiger partial charge is 0.407 e. The molecule has 2 aromatic carbocycles. The molecule has 3 aromatic rings. The highest BCUT2D eigenvalue weighted by Crippen LogP contribution is 2.44. The van der Waals surface area contributed by atoms with Crippen LogP contribution in [0.4, 0.5) is 4.79 Å². The zero-order valence-electron chi connectivity index (χ0n) is 18.9. The lowest BCUT2D eigenvalue weighted by Gasteiger charge is -2.19. The zero-order valence-corrected chi connectivity index (χ0v) is 19.7. The summed E-state index contributed by atoms with van der Waals surface area (Å²) in [4.78, 5) is 40.3. The number of carbonyl (C=O) groups excluding carboxylic acids is 2. The molecule has 180 valence electrons. The van der Waals surface area contributed by atoms with Crippen LogP contribution in [0.25, 0.3) is 11.1 Å². The van der Waals surface area contributed by atoms with Gasteiger partial charge < -0.3 is 20.5 Å². The maximum absolute atomic E-state index is 12.7. The second-order valence-electron chi connectivity index (χ2n) is 8.82. The predicted molar refractivity (Wildman–Crippen MR) is 130 cm³/mol. The topological polar surface area (TPSA) is 118 Å². The molecule has 0 radical (unpaired) electrons. The first kappa shape index (κ1) is 23.0. The first-order chi connectivity index (χ1) is 17.0. The van der Waals surface area contributed by atoms with E-state index in [1.807, 2.05) is 24.3 Å². The van der Waals surface area contributed by atoms with E-state index < -0.39 is 12.1 Å². The van der Waals surface area contributed by atoms with Gasteiger partial charge in [-0.15, -0.1) is 11.3 Å². The number of fused-ring (bicyclic) bond motifs is 3. The van der Waals surface area contributed by atoms with Crippen LogP contribution in [-0.4, -0.2) is 40.7 Å². The summed E-state index contributed by atoms with van der Waals surface area (Å²) in [5.41, 5.74) is 4.63. The summed E-state index contributed by atoms with van der Waals surface area (Å²) in [7, 11) is 0. The molecule has 1 fully saturated rings. The van der Waals surface area contributed by atoms with E-state index in [2.05, 4.69) is 39.9 Å². The Morgan fingerprint density at radius 3 is 2.31 bits per heavy atom. The van der Waals surface area contributed by atoms with Gasteiger partial charge in [-0.25, -0.2) is 14.6 Å². The molecule has 1 aromatic heterocycles. The van der Waals surface area contributed by atoms with Crippen molar-refractivity contribution >= 4 is 29.3 Å². The van der Waals surface area contributed by atoms with Gasteiger partial charge in [0, 0.05) is 18.4 Å². The fraction of sp³-hybridized carbons (Fsp3) is 0.308. The third-order valence-corrected chi connectivity index (χ3v) is 7.43. The van der Waals surface area contributed by atoms with E-state index in [-0.39, 0.29) is 48.2 Å². The minimum absolute atomic E-state index is 0.0233. The fourth-order valence-electron chi connectivity index (χ4n) is 4.56. The number of hydrogen-bond acceptors (Lipinski definition) is 6. The van der Waals surface area contributed by atoms with E-state index in [4.69, 9.17) is 9.84 Å². The van der Waals surface area contributed by atoms with Gasteiger partial charge in [0.2, 0.25) is 5.91 Å². The molecular formula is C26H25N3O5S. The Morgan fingerprint density at radius 2 is 1.71 bits per heavy atom. The average Bonchev–Trinajstić information content (AvgIpc) is 3.51. The Kier molecular flexibility index (Phi) is 6.50. The number of carboxylic acid groups (broad SMARTS) is 1. The molecule has 1 heterocycles. The number of benzene rings is 2. The first-order valence-electron chi connectivity index (χ1n) is 11.6. The van der Waals surface area contributed by atoms with Crippen molar-refractivity contribution in [2.45, 2.75) is 37.8 Å². The third-order valence-electron chi connectivity index (χ3n) is 6.44. The number of thiazole rings is 1. The Hall–Kier alpha value is -3.72. The van der Waals surface area contributed by atoms with E-state index in [9.17, 15) is 14.4 Å².